The lowest BCUT2D eigenvalue weighted by Crippen LogP contribution is -2.36. The van der Waals surface area contributed by atoms with Crippen molar-refractivity contribution < 1.29 is 14.3 Å². The Bertz CT molecular complexity index is 507. The summed E-state index contributed by atoms with van der Waals surface area (Å²) >= 11 is 0. The molecular formula is C18H28N2O3. The monoisotopic (exact) mass is 320 g/mol. The van der Waals surface area contributed by atoms with Crippen molar-refractivity contribution in [3.63, 3.8) is 0 Å². The van der Waals surface area contributed by atoms with Crippen molar-refractivity contribution in [1.82, 2.24) is 10.6 Å². The lowest BCUT2D eigenvalue weighted by Gasteiger charge is -2.23. The van der Waals surface area contributed by atoms with Crippen LogP contribution in [-0.4, -0.2) is 24.1 Å². The second-order valence-corrected chi connectivity index (χ2v) is 6.88. The van der Waals surface area contributed by atoms with Gasteiger partial charge in [0.15, 0.2) is 0 Å². The zero-order valence-corrected chi connectivity index (χ0v) is 14.7. The van der Waals surface area contributed by atoms with Gasteiger partial charge in [-0.3, -0.25) is 4.79 Å². The molecule has 0 saturated heterocycles. The topological polar surface area (TPSA) is 67.4 Å². The molecule has 128 valence electrons. The minimum absolute atomic E-state index is 0.0368. The summed E-state index contributed by atoms with van der Waals surface area (Å²) in [4.78, 5) is 23.6. The van der Waals surface area contributed by atoms with Crippen LogP contribution in [0.3, 0.4) is 0 Å². The molecule has 0 bridgehead atoms. The standard InChI is InChI=1S/C18H28N2O3/c1-13(2)16(14-9-7-6-8-10-14)20-15(21)11-12-19-17(22)23-18(3,4)5/h6-10,13,16H,11-12H2,1-5H3,(H,19,22)(H,20,21). The highest BCUT2D eigenvalue weighted by molar-refractivity contribution is 5.77. The van der Waals surface area contributed by atoms with Crippen LogP contribution in [0.4, 0.5) is 4.79 Å². The molecule has 2 N–H and O–H groups in total. The highest BCUT2D eigenvalue weighted by Gasteiger charge is 2.19. The molecule has 0 radical (unpaired) electrons. The SMILES string of the molecule is CC(C)C(NC(=O)CCNC(=O)OC(C)(C)C)c1ccccc1. The van der Waals surface area contributed by atoms with Gasteiger partial charge in [0.1, 0.15) is 5.60 Å². The van der Waals surface area contributed by atoms with Crippen LogP contribution >= 0.6 is 0 Å². The first-order chi connectivity index (χ1) is 10.7. The summed E-state index contributed by atoms with van der Waals surface area (Å²) < 4.78 is 5.13. The van der Waals surface area contributed by atoms with E-state index in [4.69, 9.17) is 4.74 Å². The van der Waals surface area contributed by atoms with Gasteiger partial charge in [-0.05, 0) is 32.3 Å². The summed E-state index contributed by atoms with van der Waals surface area (Å²) in [5, 5.41) is 5.61. The smallest absolute Gasteiger partial charge is 0.407 e. The molecule has 0 aliphatic carbocycles. The van der Waals surface area contributed by atoms with Crippen LogP contribution in [0.15, 0.2) is 30.3 Å². The zero-order chi connectivity index (χ0) is 17.5. The lowest BCUT2D eigenvalue weighted by molar-refractivity contribution is -0.122. The summed E-state index contributed by atoms with van der Waals surface area (Å²) in [5.41, 5.74) is 0.540. The average molecular weight is 320 g/mol. The number of nitrogens with one attached hydrogen (secondary N) is 2. The van der Waals surface area contributed by atoms with E-state index in [1.807, 2.05) is 30.3 Å². The van der Waals surface area contributed by atoms with Gasteiger partial charge >= 0.3 is 6.09 Å². The van der Waals surface area contributed by atoms with Crippen LogP contribution < -0.4 is 10.6 Å². The van der Waals surface area contributed by atoms with Crippen molar-refractivity contribution in [2.24, 2.45) is 5.92 Å². The third-order valence-corrected chi connectivity index (χ3v) is 3.16. The Morgan fingerprint density at radius 1 is 1.13 bits per heavy atom. The molecule has 5 heteroatoms. The van der Waals surface area contributed by atoms with Crippen LogP contribution in [0, 0.1) is 5.92 Å². The summed E-state index contributed by atoms with van der Waals surface area (Å²) in [6, 6.07) is 9.84. The highest BCUT2D eigenvalue weighted by Crippen LogP contribution is 2.21. The summed E-state index contributed by atoms with van der Waals surface area (Å²) in [6.45, 7) is 9.78. The number of carbonyl (C=O) groups is 2. The van der Waals surface area contributed by atoms with Crippen molar-refractivity contribution >= 4 is 12.0 Å². The van der Waals surface area contributed by atoms with Crippen LogP contribution in [0.5, 0.6) is 0 Å². The van der Waals surface area contributed by atoms with E-state index >= 15 is 0 Å². The van der Waals surface area contributed by atoms with Gasteiger partial charge in [-0.2, -0.15) is 0 Å². The largest absolute Gasteiger partial charge is 0.444 e. The van der Waals surface area contributed by atoms with Crippen LogP contribution in [0.1, 0.15) is 52.6 Å². The number of alkyl carbamates (subject to hydrolysis) is 1. The molecule has 0 spiro atoms. The Labute approximate surface area is 138 Å². The van der Waals surface area contributed by atoms with Crippen molar-refractivity contribution in [1.29, 1.82) is 0 Å². The molecule has 1 aromatic carbocycles. The van der Waals surface area contributed by atoms with E-state index in [2.05, 4.69) is 24.5 Å². The molecule has 5 nitrogen and oxygen atoms in total. The lowest BCUT2D eigenvalue weighted by atomic mass is 9.96. The molecule has 0 fully saturated rings. The molecule has 0 saturated carbocycles. The zero-order valence-electron chi connectivity index (χ0n) is 14.7. The van der Waals surface area contributed by atoms with Crippen LogP contribution in [0.2, 0.25) is 0 Å². The second-order valence-electron chi connectivity index (χ2n) is 6.88. The van der Waals surface area contributed by atoms with E-state index in [0.29, 0.717) is 0 Å². The first-order valence-electron chi connectivity index (χ1n) is 8.00. The average Bonchev–Trinajstić information content (AvgIpc) is 2.43. The van der Waals surface area contributed by atoms with Gasteiger partial charge in [0, 0.05) is 13.0 Å². The molecule has 1 unspecified atom stereocenters. The van der Waals surface area contributed by atoms with Crippen molar-refractivity contribution in [3.8, 4) is 0 Å². The quantitative estimate of drug-likeness (QED) is 0.844. The molecule has 0 aliphatic rings. The van der Waals surface area contributed by atoms with E-state index in [1.54, 1.807) is 20.8 Å². The van der Waals surface area contributed by atoms with Gasteiger partial charge in [-0.1, -0.05) is 44.2 Å². The second kappa shape index (κ2) is 8.56. The highest BCUT2D eigenvalue weighted by atomic mass is 16.6. The van der Waals surface area contributed by atoms with Crippen LogP contribution in [-0.2, 0) is 9.53 Å². The maximum atomic E-state index is 12.1. The first-order valence-corrected chi connectivity index (χ1v) is 8.00. The maximum absolute atomic E-state index is 12.1. The van der Waals surface area contributed by atoms with Crippen molar-refractivity contribution in [2.75, 3.05) is 6.54 Å². The van der Waals surface area contributed by atoms with E-state index in [0.717, 1.165) is 5.56 Å². The van der Waals surface area contributed by atoms with Crippen LogP contribution in [0.25, 0.3) is 0 Å². The summed E-state index contributed by atoms with van der Waals surface area (Å²) in [7, 11) is 0. The fraction of sp³-hybridized carbons (Fsp3) is 0.556. The molecule has 23 heavy (non-hydrogen) atoms. The molecule has 2 amide bonds. The molecular weight excluding hydrogens is 292 g/mol. The minimum Gasteiger partial charge on any atom is -0.444 e. The number of carbonyl (C=O) groups excluding carboxylic acids is 2. The first kappa shape index (κ1) is 19.0. The van der Waals surface area contributed by atoms with Gasteiger partial charge in [0.05, 0.1) is 6.04 Å². The van der Waals surface area contributed by atoms with Crippen molar-refractivity contribution in [2.45, 2.75) is 52.7 Å². The number of amides is 2. The van der Waals surface area contributed by atoms with Gasteiger partial charge in [-0.15, -0.1) is 0 Å². The number of hydrogen-bond acceptors (Lipinski definition) is 3. The molecule has 0 heterocycles. The van der Waals surface area contributed by atoms with E-state index in [9.17, 15) is 9.59 Å². The predicted octanol–water partition coefficient (Wildman–Crippen LogP) is 3.41. The third kappa shape index (κ3) is 7.68. The Kier molecular flexibility index (Phi) is 7.07. The normalized spacial score (nSPS) is 12.6. The minimum atomic E-state index is -0.539. The van der Waals surface area contributed by atoms with Gasteiger partial charge < -0.3 is 15.4 Å². The molecule has 1 rings (SSSR count). The van der Waals surface area contributed by atoms with E-state index in [-0.39, 0.29) is 30.8 Å². The van der Waals surface area contributed by atoms with Gasteiger partial charge in [0.2, 0.25) is 5.91 Å². The fourth-order valence-corrected chi connectivity index (χ4v) is 2.13. The number of hydrogen-bond donors (Lipinski definition) is 2. The third-order valence-electron chi connectivity index (χ3n) is 3.16. The van der Waals surface area contributed by atoms with Gasteiger partial charge in [-0.25, -0.2) is 4.79 Å². The molecule has 0 aromatic heterocycles. The number of rotatable bonds is 6. The predicted molar refractivity (Wildman–Crippen MR) is 91.0 cm³/mol. The number of ether oxygens (including phenoxy) is 1. The summed E-state index contributed by atoms with van der Waals surface area (Å²) in [5.74, 6) is 0.184. The Balaban J connectivity index is 2.44. The molecule has 1 atom stereocenters. The van der Waals surface area contributed by atoms with Gasteiger partial charge in [0.25, 0.3) is 0 Å². The summed E-state index contributed by atoms with van der Waals surface area (Å²) in [6.07, 6.45) is -0.288. The van der Waals surface area contributed by atoms with Crippen molar-refractivity contribution in [3.05, 3.63) is 35.9 Å². The van der Waals surface area contributed by atoms with E-state index < -0.39 is 11.7 Å². The molecule has 1 aromatic rings. The fourth-order valence-electron chi connectivity index (χ4n) is 2.13. The van der Waals surface area contributed by atoms with E-state index in [1.165, 1.54) is 0 Å². The number of benzene rings is 1. The molecule has 0 aliphatic heterocycles. The Morgan fingerprint density at radius 2 is 1.74 bits per heavy atom. The maximum Gasteiger partial charge on any atom is 0.407 e. The Morgan fingerprint density at radius 3 is 2.26 bits per heavy atom. The Hall–Kier alpha value is -2.04.